The van der Waals surface area contributed by atoms with Gasteiger partial charge in [0.05, 0.1) is 7.11 Å². The third-order valence-electron chi connectivity index (χ3n) is 3.22. The molecular weight excluding hydrogens is 246 g/mol. The molecule has 0 aliphatic carbocycles. The summed E-state index contributed by atoms with van der Waals surface area (Å²) in [5.41, 5.74) is 3.27. The molecule has 0 aromatic heterocycles. The molecule has 0 unspecified atom stereocenters. The number of aryl methyl sites for hydroxylation is 1. The first kappa shape index (κ1) is 14.3. The van der Waals surface area contributed by atoms with Crippen LogP contribution in [0, 0.1) is 0 Å². The van der Waals surface area contributed by atoms with E-state index in [1.807, 2.05) is 42.6 Å². The van der Waals surface area contributed by atoms with E-state index in [-0.39, 0.29) is 0 Å². The first-order chi connectivity index (χ1) is 9.83. The van der Waals surface area contributed by atoms with Crippen molar-refractivity contribution >= 4 is 11.9 Å². The Kier molecular flexibility index (Phi) is 5.36. The van der Waals surface area contributed by atoms with Gasteiger partial charge in [-0.15, -0.1) is 0 Å². The summed E-state index contributed by atoms with van der Waals surface area (Å²) < 4.78 is 5.44. The van der Waals surface area contributed by atoms with Crippen LogP contribution in [0.15, 0.2) is 53.5 Å². The van der Waals surface area contributed by atoms with Gasteiger partial charge < -0.3 is 4.74 Å². The first-order valence-electron chi connectivity index (χ1n) is 7.09. The van der Waals surface area contributed by atoms with Crippen LogP contribution in [0.3, 0.4) is 0 Å². The highest BCUT2D eigenvalue weighted by atomic mass is 16.5. The second kappa shape index (κ2) is 7.49. The van der Waals surface area contributed by atoms with Crippen LogP contribution in [0.25, 0.3) is 0 Å². The van der Waals surface area contributed by atoms with Crippen LogP contribution in [0.2, 0.25) is 0 Å². The van der Waals surface area contributed by atoms with Gasteiger partial charge in [-0.2, -0.15) is 0 Å². The molecule has 0 N–H and O–H groups in total. The largest absolute Gasteiger partial charge is 0.494 e. The van der Waals surface area contributed by atoms with Gasteiger partial charge in [-0.25, -0.2) is 0 Å². The lowest BCUT2D eigenvalue weighted by Crippen LogP contribution is -1.89. The molecule has 0 radical (unpaired) electrons. The molecule has 0 spiro atoms. The molecule has 0 atom stereocenters. The summed E-state index contributed by atoms with van der Waals surface area (Å²) in [6.07, 6.45) is 5.37. The van der Waals surface area contributed by atoms with E-state index in [0.717, 1.165) is 23.4 Å². The van der Waals surface area contributed by atoms with Gasteiger partial charge in [0.15, 0.2) is 0 Å². The van der Waals surface area contributed by atoms with E-state index in [1.54, 1.807) is 7.11 Å². The predicted octanol–water partition coefficient (Wildman–Crippen LogP) is 4.79. The number of ether oxygens (including phenoxy) is 1. The molecule has 0 heterocycles. The van der Waals surface area contributed by atoms with Crippen LogP contribution in [0.1, 0.15) is 30.9 Å². The van der Waals surface area contributed by atoms with Crippen molar-refractivity contribution in [2.75, 3.05) is 7.11 Å². The van der Waals surface area contributed by atoms with Gasteiger partial charge in [-0.3, -0.25) is 4.99 Å². The SMILES string of the molecule is CCCCc1ccc(N=Cc2ccccc2)c(OC)c1. The number of aliphatic imine (C=N–C) groups is 1. The monoisotopic (exact) mass is 267 g/mol. The van der Waals surface area contributed by atoms with Crippen molar-refractivity contribution in [3.63, 3.8) is 0 Å². The number of rotatable bonds is 6. The maximum Gasteiger partial charge on any atom is 0.144 e. The normalized spacial score (nSPS) is 10.9. The Morgan fingerprint density at radius 3 is 2.60 bits per heavy atom. The molecule has 104 valence electrons. The molecule has 0 aliphatic rings. The van der Waals surface area contributed by atoms with Crippen LogP contribution >= 0.6 is 0 Å². The highest BCUT2D eigenvalue weighted by Crippen LogP contribution is 2.28. The summed E-state index contributed by atoms with van der Waals surface area (Å²) in [6, 6.07) is 16.3. The van der Waals surface area contributed by atoms with Crippen molar-refractivity contribution < 1.29 is 4.74 Å². The number of nitrogens with zero attached hydrogens (tertiary/aromatic N) is 1. The second-order valence-electron chi connectivity index (χ2n) is 4.78. The van der Waals surface area contributed by atoms with Gasteiger partial charge in [0.25, 0.3) is 0 Å². The van der Waals surface area contributed by atoms with Gasteiger partial charge in [0.1, 0.15) is 11.4 Å². The van der Waals surface area contributed by atoms with Gasteiger partial charge in [0, 0.05) is 6.21 Å². The number of methoxy groups -OCH3 is 1. The molecule has 0 saturated carbocycles. The number of benzene rings is 2. The quantitative estimate of drug-likeness (QED) is 0.690. The molecule has 2 aromatic carbocycles. The smallest absolute Gasteiger partial charge is 0.144 e. The first-order valence-corrected chi connectivity index (χ1v) is 7.09. The second-order valence-corrected chi connectivity index (χ2v) is 4.78. The Hall–Kier alpha value is -2.09. The molecule has 2 heteroatoms. The fourth-order valence-electron chi connectivity index (χ4n) is 2.05. The van der Waals surface area contributed by atoms with Gasteiger partial charge in [0.2, 0.25) is 0 Å². The third kappa shape index (κ3) is 3.95. The predicted molar refractivity (Wildman–Crippen MR) is 85.3 cm³/mol. The third-order valence-corrected chi connectivity index (χ3v) is 3.22. The Balaban J connectivity index is 2.17. The summed E-state index contributed by atoms with van der Waals surface area (Å²) in [6.45, 7) is 2.20. The average Bonchev–Trinajstić information content (AvgIpc) is 2.52. The minimum absolute atomic E-state index is 0.839. The number of hydrogen-bond donors (Lipinski definition) is 0. The number of hydrogen-bond acceptors (Lipinski definition) is 2. The van der Waals surface area contributed by atoms with Crippen LogP contribution in [-0.2, 0) is 6.42 Å². The standard InChI is InChI=1S/C18H21NO/c1-3-4-8-15-11-12-17(18(13-15)20-2)19-14-16-9-6-5-7-10-16/h5-7,9-14H,3-4,8H2,1-2H3. The Bertz CT molecular complexity index is 561. The fraction of sp³-hybridized carbons (Fsp3) is 0.278. The minimum Gasteiger partial charge on any atom is -0.494 e. The van der Waals surface area contributed by atoms with E-state index in [2.05, 4.69) is 24.0 Å². The van der Waals surface area contributed by atoms with Crippen molar-refractivity contribution in [2.24, 2.45) is 4.99 Å². The Morgan fingerprint density at radius 2 is 1.90 bits per heavy atom. The zero-order chi connectivity index (χ0) is 14.2. The summed E-state index contributed by atoms with van der Waals surface area (Å²) in [5, 5.41) is 0. The molecule has 0 bridgehead atoms. The van der Waals surface area contributed by atoms with E-state index >= 15 is 0 Å². The number of unbranched alkanes of at least 4 members (excludes halogenated alkanes) is 1. The molecule has 0 aliphatic heterocycles. The van der Waals surface area contributed by atoms with Crippen molar-refractivity contribution in [2.45, 2.75) is 26.2 Å². The zero-order valence-corrected chi connectivity index (χ0v) is 12.2. The summed E-state index contributed by atoms with van der Waals surface area (Å²) in [4.78, 5) is 4.52. The average molecular weight is 267 g/mol. The van der Waals surface area contributed by atoms with Gasteiger partial charge in [-0.05, 0) is 36.1 Å². The summed E-state index contributed by atoms with van der Waals surface area (Å²) >= 11 is 0. The van der Waals surface area contributed by atoms with Crippen LogP contribution in [0.5, 0.6) is 5.75 Å². The zero-order valence-electron chi connectivity index (χ0n) is 12.2. The molecular formula is C18H21NO. The van der Waals surface area contributed by atoms with Crippen LogP contribution < -0.4 is 4.74 Å². The van der Waals surface area contributed by atoms with E-state index in [1.165, 1.54) is 18.4 Å². The molecule has 20 heavy (non-hydrogen) atoms. The fourth-order valence-corrected chi connectivity index (χ4v) is 2.05. The highest BCUT2D eigenvalue weighted by Gasteiger charge is 2.03. The van der Waals surface area contributed by atoms with E-state index in [0.29, 0.717) is 0 Å². The molecule has 0 amide bonds. The van der Waals surface area contributed by atoms with E-state index in [4.69, 9.17) is 4.74 Å². The lowest BCUT2D eigenvalue weighted by atomic mass is 10.1. The molecule has 2 rings (SSSR count). The van der Waals surface area contributed by atoms with Gasteiger partial charge in [-0.1, -0.05) is 49.7 Å². The molecule has 2 nitrogen and oxygen atoms in total. The van der Waals surface area contributed by atoms with Crippen molar-refractivity contribution in [1.29, 1.82) is 0 Å². The van der Waals surface area contributed by atoms with E-state index < -0.39 is 0 Å². The van der Waals surface area contributed by atoms with Crippen LogP contribution in [0.4, 0.5) is 5.69 Å². The Morgan fingerprint density at radius 1 is 1.10 bits per heavy atom. The molecule has 2 aromatic rings. The van der Waals surface area contributed by atoms with Crippen molar-refractivity contribution in [1.82, 2.24) is 0 Å². The maximum atomic E-state index is 5.44. The van der Waals surface area contributed by atoms with Crippen molar-refractivity contribution in [3.05, 3.63) is 59.7 Å². The lowest BCUT2D eigenvalue weighted by Gasteiger charge is -2.07. The topological polar surface area (TPSA) is 21.6 Å². The molecule has 0 fully saturated rings. The van der Waals surface area contributed by atoms with Crippen LogP contribution in [-0.4, -0.2) is 13.3 Å². The van der Waals surface area contributed by atoms with Crippen molar-refractivity contribution in [3.8, 4) is 5.75 Å². The Labute approximate surface area is 121 Å². The highest BCUT2D eigenvalue weighted by molar-refractivity contribution is 5.82. The lowest BCUT2D eigenvalue weighted by molar-refractivity contribution is 0.415. The van der Waals surface area contributed by atoms with E-state index in [9.17, 15) is 0 Å². The maximum absolute atomic E-state index is 5.44. The van der Waals surface area contributed by atoms with Gasteiger partial charge >= 0.3 is 0 Å². The summed E-state index contributed by atoms with van der Waals surface area (Å²) in [5.74, 6) is 0.839. The summed E-state index contributed by atoms with van der Waals surface area (Å²) in [7, 11) is 1.69. The minimum atomic E-state index is 0.839. The molecule has 0 saturated heterocycles.